The highest BCUT2D eigenvalue weighted by molar-refractivity contribution is 7.98. The fraction of sp³-hybridized carbons (Fsp3) is 0.600. The Bertz CT molecular complexity index is 643. The molecule has 0 spiro atoms. The Morgan fingerprint density at radius 3 is 2.52 bits per heavy atom. The Morgan fingerprint density at radius 1 is 1.22 bits per heavy atom. The zero-order valence-electron chi connectivity index (χ0n) is 16.5. The van der Waals surface area contributed by atoms with E-state index in [1.54, 1.807) is 11.8 Å². The second-order valence-corrected chi connectivity index (χ2v) is 7.37. The number of thioether (sulfide) groups is 1. The first-order valence-electron chi connectivity index (χ1n) is 9.69. The number of aromatic nitrogens is 2. The maximum absolute atomic E-state index is 5.84. The summed E-state index contributed by atoms with van der Waals surface area (Å²) in [6.07, 6.45) is 6.68. The van der Waals surface area contributed by atoms with Crippen LogP contribution in [0.2, 0.25) is 0 Å². The molecule has 2 heterocycles. The monoisotopic (exact) mass is 411 g/mol. The van der Waals surface area contributed by atoms with Gasteiger partial charge in [-0.3, -0.25) is 0 Å². The lowest BCUT2D eigenvalue weighted by molar-refractivity contribution is 0.276. The van der Waals surface area contributed by atoms with Crippen LogP contribution in [0.15, 0.2) is 33.7 Å². The molecule has 1 fully saturated rings. The highest BCUT2D eigenvalue weighted by Crippen LogP contribution is 2.25. The van der Waals surface area contributed by atoms with E-state index in [0.29, 0.717) is 17.7 Å². The second-order valence-electron chi connectivity index (χ2n) is 6.22. The van der Waals surface area contributed by atoms with Crippen molar-refractivity contribution in [1.82, 2.24) is 10.1 Å². The van der Waals surface area contributed by atoms with Crippen molar-refractivity contribution in [3.05, 3.63) is 30.1 Å². The van der Waals surface area contributed by atoms with E-state index in [4.69, 9.17) is 20.9 Å². The number of ether oxygens (including phenoxy) is 1. The topological polar surface area (TPSA) is 51.4 Å². The molecule has 7 heteroatoms. The van der Waals surface area contributed by atoms with Gasteiger partial charge in [0.25, 0.3) is 0 Å². The summed E-state index contributed by atoms with van der Waals surface area (Å²) in [5.74, 6) is 2.55. The smallest absolute Gasteiger partial charge is 0.324 e. The van der Waals surface area contributed by atoms with Gasteiger partial charge in [-0.15, -0.1) is 23.4 Å². The number of nitrogens with zero attached hydrogens (tertiary/aromatic N) is 3. The van der Waals surface area contributed by atoms with E-state index in [2.05, 4.69) is 33.4 Å². The summed E-state index contributed by atoms with van der Waals surface area (Å²) < 4.78 is 11.1. The van der Waals surface area contributed by atoms with Crippen LogP contribution in [-0.2, 0) is 5.88 Å². The summed E-state index contributed by atoms with van der Waals surface area (Å²) in [5.41, 5.74) is 0. The van der Waals surface area contributed by atoms with Crippen molar-refractivity contribution in [1.29, 1.82) is 0 Å². The number of rotatable bonds is 8. The van der Waals surface area contributed by atoms with Gasteiger partial charge >= 0.3 is 6.01 Å². The fourth-order valence-corrected chi connectivity index (χ4v) is 3.59. The fourth-order valence-electron chi connectivity index (χ4n) is 3.07. The van der Waals surface area contributed by atoms with Crippen molar-refractivity contribution < 1.29 is 9.26 Å². The summed E-state index contributed by atoms with van der Waals surface area (Å²) >= 11 is 7.46. The van der Waals surface area contributed by atoms with Gasteiger partial charge in [0.05, 0.1) is 12.5 Å². The zero-order chi connectivity index (χ0) is 19.5. The third kappa shape index (κ3) is 6.92. The molecule has 1 aliphatic heterocycles. The lowest BCUT2D eigenvalue weighted by atomic mass is 9.92. The first kappa shape index (κ1) is 21.9. The van der Waals surface area contributed by atoms with Crippen LogP contribution in [0.4, 0.5) is 6.01 Å². The quantitative estimate of drug-likeness (QED) is 0.318. The van der Waals surface area contributed by atoms with Gasteiger partial charge in [-0.25, -0.2) is 0 Å². The summed E-state index contributed by atoms with van der Waals surface area (Å²) in [4.78, 5) is 7.71. The zero-order valence-corrected chi connectivity index (χ0v) is 18.1. The summed E-state index contributed by atoms with van der Waals surface area (Å²) in [7, 11) is 0. The molecule has 0 radical (unpaired) electrons. The highest BCUT2D eigenvalue weighted by atomic mass is 35.5. The molecule has 1 aliphatic rings. The maximum Gasteiger partial charge on any atom is 0.324 e. The average Bonchev–Trinajstić information content (AvgIpc) is 3.23. The van der Waals surface area contributed by atoms with Crippen LogP contribution >= 0.6 is 23.4 Å². The van der Waals surface area contributed by atoms with E-state index in [1.165, 1.54) is 11.3 Å². The van der Waals surface area contributed by atoms with E-state index in [-0.39, 0.29) is 0 Å². The summed E-state index contributed by atoms with van der Waals surface area (Å²) in [6.45, 7) is 6.71. The van der Waals surface area contributed by atoms with Crippen LogP contribution in [0, 0.1) is 5.92 Å². The van der Waals surface area contributed by atoms with E-state index in [0.717, 1.165) is 50.6 Å². The standard InChI is InChI=1S/C18H24ClN3O2S.C2H6/c1-25-16-6-4-15(5-7-16)23-12-2-3-14-8-10-22(11-9-14)18-20-17(13-19)21-24-18;1-2/h4-7,14H,2-3,8-13H2,1H3;1-2H3. The molecule has 0 amide bonds. The maximum atomic E-state index is 5.84. The Kier molecular flexibility index (Phi) is 9.84. The molecule has 0 saturated carbocycles. The first-order chi connectivity index (χ1) is 13.3. The number of anilines is 1. The molecule has 1 aromatic heterocycles. The van der Waals surface area contributed by atoms with Crippen LogP contribution < -0.4 is 9.64 Å². The van der Waals surface area contributed by atoms with Gasteiger partial charge in [-0.1, -0.05) is 19.0 Å². The van der Waals surface area contributed by atoms with Crippen LogP contribution in [0.25, 0.3) is 0 Å². The first-order valence-corrected chi connectivity index (χ1v) is 11.4. The van der Waals surface area contributed by atoms with Crippen LogP contribution in [0.5, 0.6) is 5.75 Å². The largest absolute Gasteiger partial charge is 0.494 e. The molecule has 0 atom stereocenters. The van der Waals surface area contributed by atoms with Gasteiger partial charge in [0, 0.05) is 18.0 Å². The second kappa shape index (κ2) is 12.1. The summed E-state index contributed by atoms with van der Waals surface area (Å²) in [5, 5.41) is 3.85. The van der Waals surface area contributed by atoms with E-state index < -0.39 is 0 Å². The molecular formula is C20H30ClN3O2S. The number of benzene rings is 1. The van der Waals surface area contributed by atoms with Gasteiger partial charge in [-0.2, -0.15) is 4.98 Å². The molecule has 2 aromatic rings. The molecule has 0 unspecified atom stereocenters. The van der Waals surface area contributed by atoms with Gasteiger partial charge in [-0.05, 0) is 62.1 Å². The van der Waals surface area contributed by atoms with E-state index in [9.17, 15) is 0 Å². The Balaban J connectivity index is 0.00000126. The minimum atomic E-state index is 0.292. The van der Waals surface area contributed by atoms with E-state index >= 15 is 0 Å². The van der Waals surface area contributed by atoms with Crippen LogP contribution in [-0.4, -0.2) is 36.1 Å². The third-order valence-corrected chi connectivity index (χ3v) is 5.53. The molecule has 1 aromatic carbocycles. The predicted molar refractivity (Wildman–Crippen MR) is 113 cm³/mol. The summed E-state index contributed by atoms with van der Waals surface area (Å²) in [6, 6.07) is 8.89. The Hall–Kier alpha value is -1.40. The molecule has 5 nitrogen and oxygen atoms in total. The van der Waals surface area contributed by atoms with Gasteiger partial charge < -0.3 is 14.2 Å². The molecule has 0 aliphatic carbocycles. The predicted octanol–water partition coefficient (Wildman–Crippen LogP) is 5.63. The highest BCUT2D eigenvalue weighted by Gasteiger charge is 2.22. The molecule has 1 saturated heterocycles. The van der Waals surface area contributed by atoms with Crippen LogP contribution in [0.1, 0.15) is 45.4 Å². The van der Waals surface area contributed by atoms with Crippen molar-refractivity contribution in [2.75, 3.05) is 30.9 Å². The number of alkyl halides is 1. The molecular weight excluding hydrogens is 382 g/mol. The van der Waals surface area contributed by atoms with Gasteiger partial charge in [0.2, 0.25) is 0 Å². The number of hydrogen-bond donors (Lipinski definition) is 0. The number of hydrogen-bond acceptors (Lipinski definition) is 6. The minimum Gasteiger partial charge on any atom is -0.494 e. The molecule has 3 rings (SSSR count). The third-order valence-electron chi connectivity index (χ3n) is 4.55. The van der Waals surface area contributed by atoms with Crippen molar-refractivity contribution in [2.24, 2.45) is 5.92 Å². The number of piperidine rings is 1. The van der Waals surface area contributed by atoms with Gasteiger partial charge in [0.1, 0.15) is 5.75 Å². The van der Waals surface area contributed by atoms with Crippen molar-refractivity contribution in [3.63, 3.8) is 0 Å². The van der Waals surface area contributed by atoms with Gasteiger partial charge in [0.15, 0.2) is 5.82 Å². The molecule has 0 N–H and O–H groups in total. The normalized spacial score (nSPS) is 14.6. The lowest BCUT2D eigenvalue weighted by Crippen LogP contribution is -2.34. The average molecular weight is 412 g/mol. The Morgan fingerprint density at radius 2 is 1.93 bits per heavy atom. The van der Waals surface area contributed by atoms with E-state index in [1.807, 2.05) is 26.0 Å². The van der Waals surface area contributed by atoms with Crippen molar-refractivity contribution in [2.45, 2.75) is 50.3 Å². The van der Waals surface area contributed by atoms with Crippen LogP contribution in [0.3, 0.4) is 0 Å². The number of halogens is 1. The lowest BCUT2D eigenvalue weighted by Gasteiger charge is -2.30. The molecule has 27 heavy (non-hydrogen) atoms. The van der Waals surface area contributed by atoms with Crippen molar-refractivity contribution >= 4 is 29.4 Å². The Labute approximate surface area is 171 Å². The molecule has 150 valence electrons. The SMILES string of the molecule is CC.CSc1ccc(OCCCC2CCN(c3nc(CCl)no3)CC2)cc1. The molecule has 0 bridgehead atoms. The minimum absolute atomic E-state index is 0.292. The van der Waals surface area contributed by atoms with Crippen molar-refractivity contribution in [3.8, 4) is 5.75 Å².